The number of amides is 1. The lowest BCUT2D eigenvalue weighted by molar-refractivity contribution is -0.131. The molecule has 2 aromatic heterocycles. The molecular weight excluding hydrogens is 410 g/mol. The normalized spacial score (nSPS) is 13.7. The van der Waals surface area contributed by atoms with Crippen LogP contribution in [0.1, 0.15) is 28.1 Å². The monoisotopic (exact) mass is 437 g/mol. The Kier molecular flexibility index (Phi) is 6.66. The molecule has 0 atom stereocenters. The number of carbonyl (C=O) groups excluding carboxylic acids is 1. The van der Waals surface area contributed by atoms with Crippen molar-refractivity contribution in [1.29, 1.82) is 0 Å². The van der Waals surface area contributed by atoms with Crippen LogP contribution >= 0.6 is 11.3 Å². The lowest BCUT2D eigenvalue weighted by Crippen LogP contribution is -2.40. The van der Waals surface area contributed by atoms with Crippen LogP contribution in [0.3, 0.4) is 0 Å². The van der Waals surface area contributed by atoms with Gasteiger partial charge in [-0.1, -0.05) is 17.7 Å². The van der Waals surface area contributed by atoms with Gasteiger partial charge in [-0.3, -0.25) is 9.79 Å². The molecular formula is C23H27N5O2S. The smallest absolute Gasteiger partial charge is 0.226 e. The number of thiophene rings is 1. The number of fused-ring (bicyclic) bond motifs is 1. The van der Waals surface area contributed by atoms with Crippen LogP contribution in [-0.4, -0.2) is 41.9 Å². The summed E-state index contributed by atoms with van der Waals surface area (Å²) < 4.78 is 5.59. The van der Waals surface area contributed by atoms with Crippen molar-refractivity contribution < 1.29 is 9.21 Å². The van der Waals surface area contributed by atoms with Crippen molar-refractivity contribution in [3.8, 4) is 11.5 Å². The number of hydrogen-bond donors (Lipinski definition) is 2. The largest absolute Gasteiger partial charge is 0.444 e. The third-order valence-corrected chi connectivity index (χ3v) is 6.33. The number of guanidine groups is 1. The van der Waals surface area contributed by atoms with Gasteiger partial charge in [0.05, 0.1) is 12.2 Å². The molecule has 0 spiro atoms. The number of benzene rings is 1. The first-order valence-electron chi connectivity index (χ1n) is 10.4. The molecule has 8 heteroatoms. The zero-order valence-corrected chi connectivity index (χ0v) is 18.7. The van der Waals surface area contributed by atoms with E-state index in [1.54, 1.807) is 24.6 Å². The van der Waals surface area contributed by atoms with Gasteiger partial charge in [0.25, 0.3) is 0 Å². The fourth-order valence-electron chi connectivity index (χ4n) is 3.52. The maximum atomic E-state index is 12.5. The summed E-state index contributed by atoms with van der Waals surface area (Å²) >= 11 is 1.78. The third kappa shape index (κ3) is 5.32. The second-order valence-corrected chi connectivity index (χ2v) is 8.55. The maximum Gasteiger partial charge on any atom is 0.226 e. The van der Waals surface area contributed by atoms with Crippen molar-refractivity contribution in [2.45, 2.75) is 32.9 Å². The number of rotatable bonds is 6. The standard InChI is InChI=1S/C23H27N5O2S/c1-16-3-5-17(6-4-16)22-27-19(15-30-22)13-26-23(24-2)25-10-7-21(29)28-11-8-20-18(14-28)9-12-31-20/h3-6,9,12,15H,7-8,10-11,13-14H2,1-2H3,(H2,24,25,26). The van der Waals surface area contributed by atoms with Gasteiger partial charge in [-0.15, -0.1) is 11.3 Å². The zero-order chi connectivity index (χ0) is 21.6. The summed E-state index contributed by atoms with van der Waals surface area (Å²) in [4.78, 5) is 24.6. The van der Waals surface area contributed by atoms with Crippen LogP contribution in [0.4, 0.5) is 0 Å². The number of aliphatic imine (C=N–C) groups is 1. The average Bonchev–Trinajstić information content (AvgIpc) is 3.45. The lowest BCUT2D eigenvalue weighted by Gasteiger charge is -2.27. The van der Waals surface area contributed by atoms with E-state index in [0.717, 1.165) is 30.8 Å². The number of oxazole rings is 1. The molecule has 1 aliphatic heterocycles. The Morgan fingerprint density at radius 1 is 1.26 bits per heavy atom. The van der Waals surface area contributed by atoms with E-state index < -0.39 is 0 Å². The third-order valence-electron chi connectivity index (χ3n) is 5.30. The van der Waals surface area contributed by atoms with Gasteiger partial charge in [0.1, 0.15) is 6.26 Å². The summed E-state index contributed by atoms with van der Waals surface area (Å²) in [5.41, 5.74) is 4.22. The number of aryl methyl sites for hydroxylation is 1. The molecule has 31 heavy (non-hydrogen) atoms. The number of hydrogen-bond acceptors (Lipinski definition) is 5. The fraction of sp³-hybridized carbons (Fsp3) is 0.348. The molecule has 0 aliphatic carbocycles. The number of nitrogens with one attached hydrogen (secondary N) is 2. The summed E-state index contributed by atoms with van der Waals surface area (Å²) in [5.74, 6) is 1.39. The Morgan fingerprint density at radius 2 is 2.10 bits per heavy atom. The zero-order valence-electron chi connectivity index (χ0n) is 17.9. The first-order valence-corrected chi connectivity index (χ1v) is 11.3. The highest BCUT2D eigenvalue weighted by Crippen LogP contribution is 2.24. The number of carbonyl (C=O) groups is 1. The van der Waals surface area contributed by atoms with Gasteiger partial charge < -0.3 is 20.0 Å². The van der Waals surface area contributed by atoms with Gasteiger partial charge in [0.15, 0.2) is 5.96 Å². The first kappa shape index (κ1) is 21.1. The van der Waals surface area contributed by atoms with Crippen molar-refractivity contribution >= 4 is 23.2 Å². The molecule has 1 amide bonds. The highest BCUT2D eigenvalue weighted by atomic mass is 32.1. The molecule has 0 fully saturated rings. The van der Waals surface area contributed by atoms with Gasteiger partial charge in [-0.25, -0.2) is 4.98 Å². The van der Waals surface area contributed by atoms with E-state index >= 15 is 0 Å². The minimum absolute atomic E-state index is 0.166. The van der Waals surface area contributed by atoms with Crippen LogP contribution in [0.25, 0.3) is 11.5 Å². The average molecular weight is 438 g/mol. The van der Waals surface area contributed by atoms with Gasteiger partial charge in [0, 0.05) is 43.5 Å². The van der Waals surface area contributed by atoms with Crippen LogP contribution in [0, 0.1) is 6.92 Å². The minimum atomic E-state index is 0.166. The summed E-state index contributed by atoms with van der Waals surface area (Å²) in [7, 11) is 1.71. The molecule has 3 heterocycles. The van der Waals surface area contributed by atoms with Gasteiger partial charge >= 0.3 is 0 Å². The molecule has 0 saturated carbocycles. The van der Waals surface area contributed by atoms with E-state index in [1.807, 2.05) is 36.1 Å². The van der Waals surface area contributed by atoms with Crippen molar-refractivity contribution in [2.75, 3.05) is 20.1 Å². The molecule has 2 N–H and O–H groups in total. The summed E-state index contributed by atoms with van der Waals surface area (Å²) in [6.07, 6.45) is 3.04. The van der Waals surface area contributed by atoms with Gasteiger partial charge in [0.2, 0.25) is 11.8 Å². The molecule has 4 rings (SSSR count). The van der Waals surface area contributed by atoms with Gasteiger partial charge in [-0.2, -0.15) is 0 Å². The predicted octanol–water partition coefficient (Wildman–Crippen LogP) is 3.35. The Hall–Kier alpha value is -3.13. The Morgan fingerprint density at radius 3 is 2.90 bits per heavy atom. The van der Waals surface area contributed by atoms with Crippen molar-refractivity contribution in [3.63, 3.8) is 0 Å². The SMILES string of the molecule is CN=C(NCCC(=O)N1CCc2sccc2C1)NCc1coc(-c2ccc(C)cc2)n1. The molecule has 0 radical (unpaired) electrons. The Balaban J connectivity index is 1.21. The van der Waals surface area contributed by atoms with Crippen LogP contribution in [0.2, 0.25) is 0 Å². The lowest BCUT2D eigenvalue weighted by atomic mass is 10.1. The maximum absolute atomic E-state index is 12.5. The second kappa shape index (κ2) is 9.78. The molecule has 1 aromatic carbocycles. The van der Waals surface area contributed by atoms with E-state index in [-0.39, 0.29) is 5.91 Å². The molecule has 3 aromatic rings. The van der Waals surface area contributed by atoms with Gasteiger partial charge in [-0.05, 0) is 42.5 Å². The number of aromatic nitrogens is 1. The van der Waals surface area contributed by atoms with Crippen molar-refractivity contribution in [3.05, 3.63) is 63.7 Å². The molecule has 0 saturated heterocycles. The minimum Gasteiger partial charge on any atom is -0.444 e. The van der Waals surface area contributed by atoms with Crippen LogP contribution < -0.4 is 10.6 Å². The van der Waals surface area contributed by atoms with E-state index in [4.69, 9.17) is 4.42 Å². The molecule has 0 unspecified atom stereocenters. The summed E-state index contributed by atoms with van der Waals surface area (Å²) in [6, 6.07) is 10.2. The van der Waals surface area contributed by atoms with E-state index in [0.29, 0.717) is 31.4 Å². The Bertz CT molecular complexity index is 1050. The van der Waals surface area contributed by atoms with E-state index in [9.17, 15) is 4.79 Å². The van der Waals surface area contributed by atoms with Crippen molar-refractivity contribution in [1.82, 2.24) is 20.5 Å². The number of nitrogens with zero attached hydrogens (tertiary/aromatic N) is 3. The topological polar surface area (TPSA) is 82.8 Å². The summed E-state index contributed by atoms with van der Waals surface area (Å²) in [5, 5.41) is 8.52. The van der Waals surface area contributed by atoms with Crippen LogP contribution in [0.15, 0.2) is 51.4 Å². The summed E-state index contributed by atoms with van der Waals surface area (Å²) in [6.45, 7) is 4.58. The Labute approximate surface area is 186 Å². The molecule has 162 valence electrons. The second-order valence-electron chi connectivity index (χ2n) is 7.55. The molecule has 7 nitrogen and oxygen atoms in total. The van der Waals surface area contributed by atoms with E-state index in [2.05, 4.69) is 32.1 Å². The highest BCUT2D eigenvalue weighted by molar-refractivity contribution is 7.10. The van der Waals surface area contributed by atoms with Crippen LogP contribution in [0.5, 0.6) is 0 Å². The first-order chi connectivity index (χ1) is 15.1. The van der Waals surface area contributed by atoms with Crippen LogP contribution in [-0.2, 0) is 24.3 Å². The predicted molar refractivity (Wildman–Crippen MR) is 123 cm³/mol. The highest BCUT2D eigenvalue weighted by Gasteiger charge is 2.21. The quantitative estimate of drug-likeness (QED) is 0.456. The molecule has 0 bridgehead atoms. The van der Waals surface area contributed by atoms with Crippen molar-refractivity contribution in [2.24, 2.45) is 4.99 Å². The molecule has 1 aliphatic rings. The fourth-order valence-corrected chi connectivity index (χ4v) is 4.41. The van der Waals surface area contributed by atoms with E-state index in [1.165, 1.54) is 16.0 Å².